The first kappa shape index (κ1) is 17.8. The average molecular weight is 380 g/mol. The summed E-state index contributed by atoms with van der Waals surface area (Å²) in [6.07, 6.45) is -0.945. The highest BCUT2D eigenvalue weighted by molar-refractivity contribution is 6.68. The van der Waals surface area contributed by atoms with Crippen molar-refractivity contribution in [3.8, 4) is 0 Å². The summed E-state index contributed by atoms with van der Waals surface area (Å²) in [5.74, 6) is 0. The molecular formula is C11H12Cl5N3O. The third-order valence-corrected chi connectivity index (χ3v) is 3.63. The van der Waals surface area contributed by atoms with Crippen LogP contribution in [-0.2, 0) is 0 Å². The zero-order chi connectivity index (χ0) is 15.5. The molecule has 20 heavy (non-hydrogen) atoms. The Kier molecular flexibility index (Phi) is 6.35. The van der Waals surface area contributed by atoms with Crippen LogP contribution in [0.1, 0.15) is 0 Å². The van der Waals surface area contributed by atoms with E-state index >= 15 is 0 Å². The van der Waals surface area contributed by atoms with Gasteiger partial charge in [0.2, 0.25) is 3.79 Å². The van der Waals surface area contributed by atoms with Crippen molar-refractivity contribution >= 4 is 69.7 Å². The predicted molar refractivity (Wildman–Crippen MR) is 86.4 cm³/mol. The van der Waals surface area contributed by atoms with Gasteiger partial charge in [-0.15, -0.1) is 0 Å². The van der Waals surface area contributed by atoms with Gasteiger partial charge in [-0.25, -0.2) is 4.79 Å². The first-order valence-corrected chi connectivity index (χ1v) is 7.26. The molecule has 9 heteroatoms. The van der Waals surface area contributed by atoms with Crippen molar-refractivity contribution in [3.05, 3.63) is 28.2 Å². The maximum absolute atomic E-state index is 11.7. The van der Waals surface area contributed by atoms with Gasteiger partial charge in [0, 0.05) is 19.8 Å². The molecule has 0 heterocycles. The monoisotopic (exact) mass is 377 g/mol. The van der Waals surface area contributed by atoms with E-state index in [9.17, 15) is 4.79 Å². The molecule has 1 unspecified atom stereocenters. The van der Waals surface area contributed by atoms with Gasteiger partial charge in [-0.05, 0) is 18.2 Å². The van der Waals surface area contributed by atoms with Crippen molar-refractivity contribution in [3.63, 3.8) is 0 Å². The number of carbonyl (C=O) groups excluding carboxylic acids is 1. The lowest BCUT2D eigenvalue weighted by Crippen LogP contribution is -2.52. The summed E-state index contributed by atoms with van der Waals surface area (Å²) in [6, 6.07) is 4.40. The molecule has 0 saturated carbocycles. The van der Waals surface area contributed by atoms with Gasteiger partial charge in [0.05, 0.1) is 10.0 Å². The van der Waals surface area contributed by atoms with Crippen LogP contribution >= 0.6 is 58.0 Å². The van der Waals surface area contributed by atoms with Crippen LogP contribution in [0.5, 0.6) is 0 Å². The van der Waals surface area contributed by atoms with Gasteiger partial charge >= 0.3 is 6.03 Å². The Bertz CT molecular complexity index is 489. The number of urea groups is 1. The van der Waals surface area contributed by atoms with Crippen LogP contribution in [-0.4, -0.2) is 35.0 Å². The Labute approximate surface area is 142 Å². The molecule has 1 rings (SSSR count). The first-order valence-electron chi connectivity index (χ1n) is 5.37. The van der Waals surface area contributed by atoms with E-state index in [1.54, 1.807) is 32.3 Å². The van der Waals surface area contributed by atoms with E-state index in [-0.39, 0.29) is 0 Å². The minimum absolute atomic E-state index is 0.346. The third kappa shape index (κ3) is 5.26. The second-order valence-electron chi connectivity index (χ2n) is 4.09. The van der Waals surface area contributed by atoms with E-state index in [0.717, 1.165) is 0 Å². The molecule has 1 aromatic rings. The summed E-state index contributed by atoms with van der Waals surface area (Å²) >= 11 is 29.3. The van der Waals surface area contributed by atoms with Gasteiger partial charge in [0.1, 0.15) is 6.17 Å². The molecule has 0 aliphatic carbocycles. The van der Waals surface area contributed by atoms with Crippen LogP contribution in [0.3, 0.4) is 0 Å². The molecule has 0 aromatic heterocycles. The molecule has 0 spiro atoms. The van der Waals surface area contributed by atoms with E-state index in [0.29, 0.717) is 15.7 Å². The number of nitrogens with one attached hydrogen (secondary N) is 2. The van der Waals surface area contributed by atoms with Gasteiger partial charge in [-0.1, -0.05) is 58.0 Å². The molecule has 2 amide bonds. The second kappa shape index (κ2) is 7.14. The first-order chi connectivity index (χ1) is 9.11. The fourth-order valence-corrected chi connectivity index (χ4v) is 1.83. The van der Waals surface area contributed by atoms with Gasteiger partial charge in [-0.2, -0.15) is 0 Å². The molecule has 1 aromatic carbocycles. The molecule has 2 N–H and O–H groups in total. The van der Waals surface area contributed by atoms with Crippen LogP contribution in [0.25, 0.3) is 0 Å². The summed E-state index contributed by atoms with van der Waals surface area (Å²) in [7, 11) is 3.15. The van der Waals surface area contributed by atoms with Crippen molar-refractivity contribution in [1.29, 1.82) is 0 Å². The number of rotatable bonds is 3. The van der Waals surface area contributed by atoms with Crippen LogP contribution in [0.15, 0.2) is 18.2 Å². The number of hydrogen-bond acceptors (Lipinski definition) is 2. The van der Waals surface area contributed by atoms with Crippen molar-refractivity contribution in [2.75, 3.05) is 19.4 Å². The van der Waals surface area contributed by atoms with E-state index in [1.807, 2.05) is 0 Å². The molecule has 0 aliphatic heterocycles. The zero-order valence-corrected chi connectivity index (χ0v) is 14.3. The molecule has 0 saturated heterocycles. The van der Waals surface area contributed by atoms with Crippen molar-refractivity contribution in [1.82, 2.24) is 10.2 Å². The number of anilines is 1. The Morgan fingerprint density at radius 1 is 1.20 bits per heavy atom. The lowest BCUT2D eigenvalue weighted by atomic mass is 10.3. The number of carbonyl (C=O) groups is 1. The van der Waals surface area contributed by atoms with Crippen LogP contribution in [0, 0.1) is 0 Å². The lowest BCUT2D eigenvalue weighted by Gasteiger charge is -2.28. The highest BCUT2D eigenvalue weighted by Crippen LogP contribution is 2.32. The SMILES string of the molecule is CN(C)C(=O)NC(Nc1ccc(Cl)c(Cl)c1)C(Cl)(Cl)Cl. The maximum atomic E-state index is 11.7. The second-order valence-corrected chi connectivity index (χ2v) is 7.28. The van der Waals surface area contributed by atoms with Gasteiger partial charge in [0.25, 0.3) is 0 Å². The molecule has 4 nitrogen and oxygen atoms in total. The predicted octanol–water partition coefficient (Wildman–Crippen LogP) is 4.37. The zero-order valence-electron chi connectivity index (χ0n) is 10.6. The van der Waals surface area contributed by atoms with E-state index < -0.39 is 16.0 Å². The minimum atomic E-state index is -1.75. The average Bonchev–Trinajstić information content (AvgIpc) is 2.31. The molecule has 0 fully saturated rings. The third-order valence-electron chi connectivity index (χ3n) is 2.23. The Balaban J connectivity index is 2.90. The molecule has 0 bridgehead atoms. The lowest BCUT2D eigenvalue weighted by molar-refractivity contribution is 0.214. The Morgan fingerprint density at radius 3 is 2.25 bits per heavy atom. The maximum Gasteiger partial charge on any atom is 0.318 e. The highest BCUT2D eigenvalue weighted by Gasteiger charge is 2.34. The van der Waals surface area contributed by atoms with E-state index in [4.69, 9.17) is 58.0 Å². The van der Waals surface area contributed by atoms with Gasteiger partial charge in [0.15, 0.2) is 0 Å². The molecule has 112 valence electrons. The van der Waals surface area contributed by atoms with Crippen molar-refractivity contribution in [2.45, 2.75) is 9.96 Å². The van der Waals surface area contributed by atoms with Gasteiger partial charge < -0.3 is 15.5 Å². The standard InChI is InChI=1S/C11H12Cl5N3O/c1-19(2)10(20)18-9(11(14,15)16)17-6-3-4-7(12)8(13)5-6/h3-5,9,17H,1-2H3,(H,18,20). The number of benzene rings is 1. The number of hydrogen-bond donors (Lipinski definition) is 2. The molecule has 0 aliphatic rings. The smallest absolute Gasteiger partial charge is 0.318 e. The number of alkyl halides is 3. The van der Waals surface area contributed by atoms with Crippen molar-refractivity contribution in [2.24, 2.45) is 0 Å². The van der Waals surface area contributed by atoms with Crippen molar-refractivity contribution < 1.29 is 4.79 Å². The quantitative estimate of drug-likeness (QED) is 0.605. The van der Waals surface area contributed by atoms with Crippen LogP contribution in [0.2, 0.25) is 10.0 Å². The summed E-state index contributed by atoms with van der Waals surface area (Å²) in [4.78, 5) is 13.0. The highest BCUT2D eigenvalue weighted by atomic mass is 35.6. The summed E-state index contributed by atoms with van der Waals surface area (Å²) in [5.41, 5.74) is 0.551. The minimum Gasteiger partial charge on any atom is -0.362 e. The fraction of sp³-hybridized carbons (Fsp3) is 0.364. The Morgan fingerprint density at radius 2 is 1.80 bits per heavy atom. The van der Waals surface area contributed by atoms with Crippen LogP contribution in [0.4, 0.5) is 10.5 Å². The molecule has 1 atom stereocenters. The van der Waals surface area contributed by atoms with E-state index in [1.165, 1.54) is 4.90 Å². The summed E-state index contributed by atoms with van der Waals surface area (Å²) in [5, 5.41) is 6.17. The normalized spacial score (nSPS) is 12.8. The van der Waals surface area contributed by atoms with Crippen LogP contribution < -0.4 is 10.6 Å². The van der Waals surface area contributed by atoms with Gasteiger partial charge in [-0.3, -0.25) is 0 Å². The number of amides is 2. The number of halogens is 5. The molecule has 0 radical (unpaired) electrons. The summed E-state index contributed by atoms with van der Waals surface area (Å²) in [6.45, 7) is 0. The fourth-order valence-electron chi connectivity index (χ4n) is 1.20. The largest absolute Gasteiger partial charge is 0.362 e. The van der Waals surface area contributed by atoms with E-state index in [2.05, 4.69) is 10.6 Å². The Hall–Kier alpha value is -0.260. The summed E-state index contributed by atoms with van der Waals surface area (Å²) < 4.78 is -1.75. The number of nitrogens with zero attached hydrogens (tertiary/aromatic N) is 1. The topological polar surface area (TPSA) is 44.4 Å². The molecular weight excluding hydrogens is 367 g/mol.